The molecule has 0 spiro atoms. The molecule has 1 aliphatic rings. The lowest BCUT2D eigenvalue weighted by atomic mass is 9.84. The Bertz CT molecular complexity index is 329. The number of nitrogens with one attached hydrogen (secondary N) is 2. The van der Waals surface area contributed by atoms with Gasteiger partial charge in [-0.3, -0.25) is 5.10 Å². The van der Waals surface area contributed by atoms with Gasteiger partial charge in [-0.05, 0) is 49.2 Å². The van der Waals surface area contributed by atoms with Gasteiger partial charge < -0.3 is 5.32 Å². The van der Waals surface area contributed by atoms with Crippen molar-refractivity contribution in [2.45, 2.75) is 45.4 Å². The Hall–Kier alpha value is -0.830. The van der Waals surface area contributed by atoms with E-state index in [4.69, 9.17) is 0 Å². The van der Waals surface area contributed by atoms with Gasteiger partial charge in [0.25, 0.3) is 0 Å². The van der Waals surface area contributed by atoms with E-state index in [1.807, 2.05) is 6.20 Å². The molecular weight excluding hydrogens is 198 g/mol. The molecule has 3 heteroatoms. The summed E-state index contributed by atoms with van der Waals surface area (Å²) in [6.07, 6.45) is 5.75. The number of hydrogen-bond donors (Lipinski definition) is 2. The standard InChI is InChI=1S/C13H23N3/c1-13(2,3)11-9-15-16-12(11)8-10-4-6-14-7-5-10/h9-10,14H,4-8H2,1-3H3,(H,15,16). The third-order valence-electron chi connectivity index (χ3n) is 3.48. The van der Waals surface area contributed by atoms with Crippen molar-refractivity contribution in [3.63, 3.8) is 0 Å². The van der Waals surface area contributed by atoms with Gasteiger partial charge in [-0.1, -0.05) is 20.8 Å². The Morgan fingerprint density at radius 1 is 1.31 bits per heavy atom. The van der Waals surface area contributed by atoms with Crippen molar-refractivity contribution in [1.82, 2.24) is 15.5 Å². The topological polar surface area (TPSA) is 40.7 Å². The Kier molecular flexibility index (Phi) is 3.33. The van der Waals surface area contributed by atoms with Crippen LogP contribution >= 0.6 is 0 Å². The first kappa shape index (κ1) is 11.6. The van der Waals surface area contributed by atoms with E-state index in [0.717, 1.165) is 12.3 Å². The van der Waals surface area contributed by atoms with Crippen LogP contribution in [0.4, 0.5) is 0 Å². The van der Waals surface area contributed by atoms with Crippen molar-refractivity contribution in [3.8, 4) is 0 Å². The molecule has 1 fully saturated rings. The third kappa shape index (κ3) is 2.64. The van der Waals surface area contributed by atoms with Crippen LogP contribution in [0, 0.1) is 5.92 Å². The van der Waals surface area contributed by atoms with E-state index in [1.54, 1.807) is 0 Å². The molecule has 1 aromatic heterocycles. The minimum absolute atomic E-state index is 0.204. The summed E-state index contributed by atoms with van der Waals surface area (Å²) in [5.74, 6) is 0.822. The first-order valence-electron chi connectivity index (χ1n) is 6.31. The fourth-order valence-electron chi connectivity index (χ4n) is 2.49. The van der Waals surface area contributed by atoms with E-state index >= 15 is 0 Å². The molecule has 1 aliphatic heterocycles. The summed E-state index contributed by atoms with van der Waals surface area (Å²) in [7, 11) is 0. The van der Waals surface area contributed by atoms with Gasteiger partial charge in [-0.25, -0.2) is 0 Å². The van der Waals surface area contributed by atoms with Gasteiger partial charge in [0, 0.05) is 5.69 Å². The van der Waals surface area contributed by atoms with E-state index in [-0.39, 0.29) is 5.41 Å². The van der Waals surface area contributed by atoms with Crippen LogP contribution in [0.15, 0.2) is 6.20 Å². The molecular formula is C13H23N3. The highest BCUT2D eigenvalue weighted by atomic mass is 15.1. The molecule has 0 aliphatic carbocycles. The van der Waals surface area contributed by atoms with Crippen LogP contribution in [0.5, 0.6) is 0 Å². The number of aromatic amines is 1. The normalized spacial score (nSPS) is 18.9. The summed E-state index contributed by atoms with van der Waals surface area (Å²) in [4.78, 5) is 0. The van der Waals surface area contributed by atoms with Crippen molar-refractivity contribution in [3.05, 3.63) is 17.5 Å². The summed E-state index contributed by atoms with van der Waals surface area (Å²) >= 11 is 0. The predicted molar refractivity (Wildman–Crippen MR) is 66.6 cm³/mol. The second-order valence-electron chi connectivity index (χ2n) is 5.91. The molecule has 0 bridgehead atoms. The number of H-pyrrole nitrogens is 1. The Labute approximate surface area is 98.0 Å². The lowest BCUT2D eigenvalue weighted by Crippen LogP contribution is -2.29. The predicted octanol–water partition coefficient (Wildman–Crippen LogP) is 2.25. The van der Waals surface area contributed by atoms with E-state index in [9.17, 15) is 0 Å². The zero-order valence-corrected chi connectivity index (χ0v) is 10.6. The summed E-state index contributed by atoms with van der Waals surface area (Å²) in [5, 5.41) is 10.8. The quantitative estimate of drug-likeness (QED) is 0.804. The van der Waals surface area contributed by atoms with Crippen molar-refractivity contribution < 1.29 is 0 Å². The summed E-state index contributed by atoms with van der Waals surface area (Å²) in [6.45, 7) is 9.10. The fraction of sp³-hybridized carbons (Fsp3) is 0.769. The molecule has 1 aromatic rings. The molecule has 2 N–H and O–H groups in total. The SMILES string of the molecule is CC(C)(C)c1cn[nH]c1CC1CCNCC1. The van der Waals surface area contributed by atoms with Gasteiger partial charge in [-0.15, -0.1) is 0 Å². The first-order chi connectivity index (χ1) is 7.57. The van der Waals surface area contributed by atoms with Crippen LogP contribution in [0.2, 0.25) is 0 Å². The molecule has 3 nitrogen and oxygen atoms in total. The minimum atomic E-state index is 0.204. The van der Waals surface area contributed by atoms with Crippen LogP contribution in [0.1, 0.15) is 44.9 Å². The molecule has 1 saturated heterocycles. The molecule has 0 atom stereocenters. The number of piperidine rings is 1. The second-order valence-corrected chi connectivity index (χ2v) is 5.91. The van der Waals surface area contributed by atoms with Crippen LogP contribution in [0.3, 0.4) is 0 Å². The Morgan fingerprint density at radius 3 is 2.62 bits per heavy atom. The van der Waals surface area contributed by atoms with Gasteiger partial charge in [-0.2, -0.15) is 5.10 Å². The van der Waals surface area contributed by atoms with Gasteiger partial charge in [0.2, 0.25) is 0 Å². The van der Waals surface area contributed by atoms with E-state index < -0.39 is 0 Å². The van der Waals surface area contributed by atoms with Gasteiger partial charge in [0.05, 0.1) is 6.20 Å². The van der Waals surface area contributed by atoms with Crippen LogP contribution < -0.4 is 5.32 Å². The third-order valence-corrected chi connectivity index (χ3v) is 3.48. The fourth-order valence-corrected chi connectivity index (χ4v) is 2.49. The highest BCUT2D eigenvalue weighted by Crippen LogP contribution is 2.27. The molecule has 0 saturated carbocycles. The average molecular weight is 221 g/mol. The number of rotatable bonds is 2. The van der Waals surface area contributed by atoms with E-state index in [2.05, 4.69) is 36.3 Å². The molecule has 2 rings (SSSR count). The first-order valence-corrected chi connectivity index (χ1v) is 6.31. The number of nitrogens with zero attached hydrogens (tertiary/aromatic N) is 1. The van der Waals surface area contributed by atoms with E-state index in [1.165, 1.54) is 37.2 Å². The molecule has 0 radical (unpaired) electrons. The zero-order chi connectivity index (χ0) is 11.6. The van der Waals surface area contributed by atoms with Gasteiger partial charge in [0.15, 0.2) is 0 Å². The van der Waals surface area contributed by atoms with Crippen molar-refractivity contribution >= 4 is 0 Å². The summed E-state index contributed by atoms with van der Waals surface area (Å²) < 4.78 is 0. The Morgan fingerprint density at radius 2 is 2.00 bits per heavy atom. The maximum atomic E-state index is 4.21. The largest absolute Gasteiger partial charge is 0.317 e. The Balaban J connectivity index is 2.06. The molecule has 90 valence electrons. The molecule has 2 heterocycles. The highest BCUT2D eigenvalue weighted by Gasteiger charge is 2.22. The maximum absolute atomic E-state index is 4.21. The lowest BCUT2D eigenvalue weighted by molar-refractivity contribution is 0.368. The molecule has 0 amide bonds. The number of aromatic nitrogens is 2. The minimum Gasteiger partial charge on any atom is -0.317 e. The van der Waals surface area contributed by atoms with Crippen molar-refractivity contribution in [1.29, 1.82) is 0 Å². The van der Waals surface area contributed by atoms with Gasteiger partial charge >= 0.3 is 0 Å². The zero-order valence-electron chi connectivity index (χ0n) is 10.6. The van der Waals surface area contributed by atoms with Crippen LogP contribution in [-0.2, 0) is 11.8 Å². The smallest absolute Gasteiger partial charge is 0.0527 e. The van der Waals surface area contributed by atoms with Crippen LogP contribution in [0.25, 0.3) is 0 Å². The second kappa shape index (κ2) is 4.58. The molecule has 0 aromatic carbocycles. The lowest BCUT2D eigenvalue weighted by Gasteiger charge is -2.24. The molecule has 16 heavy (non-hydrogen) atoms. The van der Waals surface area contributed by atoms with Crippen molar-refractivity contribution in [2.75, 3.05) is 13.1 Å². The summed E-state index contributed by atoms with van der Waals surface area (Å²) in [5.41, 5.74) is 2.93. The summed E-state index contributed by atoms with van der Waals surface area (Å²) in [6, 6.07) is 0. The van der Waals surface area contributed by atoms with Crippen molar-refractivity contribution in [2.24, 2.45) is 5.92 Å². The monoisotopic (exact) mass is 221 g/mol. The van der Waals surface area contributed by atoms with Crippen LogP contribution in [-0.4, -0.2) is 23.3 Å². The molecule has 0 unspecified atom stereocenters. The average Bonchev–Trinajstić information content (AvgIpc) is 2.67. The van der Waals surface area contributed by atoms with Gasteiger partial charge in [0.1, 0.15) is 0 Å². The number of hydrogen-bond acceptors (Lipinski definition) is 2. The van der Waals surface area contributed by atoms with E-state index in [0.29, 0.717) is 0 Å². The maximum Gasteiger partial charge on any atom is 0.0527 e. The highest BCUT2D eigenvalue weighted by molar-refractivity contribution is 5.25.